The molecule has 0 radical (unpaired) electrons. The van der Waals surface area contributed by atoms with E-state index in [1.165, 1.54) is 25.6 Å². The summed E-state index contributed by atoms with van der Waals surface area (Å²) in [6.45, 7) is 2.91. The van der Waals surface area contributed by atoms with Gasteiger partial charge < -0.3 is 22.5 Å². The van der Waals surface area contributed by atoms with Gasteiger partial charge >= 0.3 is 5.63 Å². The Hall–Kier alpha value is -2.25. The summed E-state index contributed by atoms with van der Waals surface area (Å²) in [6, 6.07) is 5.84. The van der Waals surface area contributed by atoms with Gasteiger partial charge in [-0.2, -0.15) is 19.0 Å². The molecular weight excluding hydrogens is 540 g/mol. The highest BCUT2D eigenvalue weighted by atomic mass is 35.7. The van der Waals surface area contributed by atoms with Crippen LogP contribution in [0.3, 0.4) is 0 Å². The minimum atomic E-state index is -0.541. The Morgan fingerprint density at radius 2 is 1.95 bits per heavy atom. The van der Waals surface area contributed by atoms with Crippen molar-refractivity contribution in [3.63, 3.8) is 0 Å². The van der Waals surface area contributed by atoms with Gasteiger partial charge in [-0.25, -0.2) is 4.79 Å². The van der Waals surface area contributed by atoms with Crippen molar-refractivity contribution in [2.24, 2.45) is 5.92 Å². The predicted octanol–water partition coefficient (Wildman–Crippen LogP) is 5.68. The van der Waals surface area contributed by atoms with Gasteiger partial charge in [0.1, 0.15) is 23.0 Å². The van der Waals surface area contributed by atoms with E-state index in [1.807, 2.05) is 6.07 Å². The number of hydrogen-bond donors (Lipinski definition) is 0. The van der Waals surface area contributed by atoms with E-state index in [-0.39, 0.29) is 22.8 Å². The summed E-state index contributed by atoms with van der Waals surface area (Å²) in [5.41, 5.74) is 3.80. The molecule has 0 N–H and O–H groups in total. The summed E-state index contributed by atoms with van der Waals surface area (Å²) in [4.78, 5) is 42.7. The number of halogens is 1. The molecule has 0 aliphatic carbocycles. The van der Waals surface area contributed by atoms with Crippen LogP contribution >= 0.6 is 27.1 Å². The minimum Gasteiger partial charge on any atom is -0.494 e. The monoisotopic (exact) mass is 570 g/mol. The molecule has 1 saturated heterocycles. The number of nitriles is 1. The largest absolute Gasteiger partial charge is 0.494 e. The molecule has 1 atom stereocenters. The highest BCUT2D eigenvalue weighted by molar-refractivity contribution is 8.23. The van der Waals surface area contributed by atoms with Crippen molar-refractivity contribution in [1.82, 2.24) is 4.90 Å². The van der Waals surface area contributed by atoms with Crippen molar-refractivity contribution in [2.45, 2.75) is 51.4 Å². The maximum Gasteiger partial charge on any atom is 0.343 e. The van der Waals surface area contributed by atoms with Gasteiger partial charge in [-0.1, -0.05) is 6.42 Å². The van der Waals surface area contributed by atoms with Crippen molar-refractivity contribution in [2.75, 3.05) is 37.2 Å². The Morgan fingerprint density at radius 3 is 2.68 bits per heavy atom. The molecule has 7 nitrogen and oxygen atoms in total. The van der Waals surface area contributed by atoms with Gasteiger partial charge in [0.25, 0.3) is 5.91 Å². The molecule has 0 saturated carbocycles. The van der Waals surface area contributed by atoms with E-state index < -0.39 is 11.5 Å². The van der Waals surface area contributed by atoms with Gasteiger partial charge in [-0.15, -0.1) is 11.2 Å². The highest BCUT2D eigenvalue weighted by Gasteiger charge is 2.29. The van der Waals surface area contributed by atoms with Crippen LogP contribution < -0.4 is 10.5 Å². The summed E-state index contributed by atoms with van der Waals surface area (Å²) in [5.74, 6) is -0.200. The normalized spacial score (nSPS) is 18.5. The van der Waals surface area contributed by atoms with Gasteiger partial charge in [-0.05, 0) is 62.3 Å². The molecule has 1 fully saturated rings. The number of nitrogens with zero attached hydrogens (tertiary/aromatic N) is 3. The van der Waals surface area contributed by atoms with E-state index in [9.17, 15) is 19.6 Å². The lowest BCUT2D eigenvalue weighted by Gasteiger charge is -2.37. The van der Waals surface area contributed by atoms with E-state index in [0.717, 1.165) is 62.3 Å². The number of rotatable bonds is 8. The number of Topliss-reactive ketones (excluding diaryl/α,β-unsaturated/α-hetero) is 1. The number of fused-ring (bicyclic) bond motifs is 2. The summed E-state index contributed by atoms with van der Waals surface area (Å²) < 4.78 is 5.82. The average molecular weight is 571 g/mol. The molecule has 1 aromatic heterocycles. The first-order valence-corrected chi connectivity index (χ1v) is 17.3. The molecule has 1 amide bonds. The summed E-state index contributed by atoms with van der Waals surface area (Å²) in [5, 5.41) is 10.6. The smallest absolute Gasteiger partial charge is 0.343 e. The maximum absolute atomic E-state index is 13.2. The topological polar surface area (TPSA) is 94.6 Å². The zero-order valence-electron chi connectivity index (χ0n) is 21.3. The third kappa shape index (κ3) is 5.69. The van der Waals surface area contributed by atoms with Crippen molar-refractivity contribution in [1.29, 1.82) is 5.26 Å². The zero-order valence-corrected chi connectivity index (χ0v) is 24.0. The summed E-state index contributed by atoms with van der Waals surface area (Å²) in [6.07, 6.45) is 8.89. The number of carbonyl (C=O) groups is 2. The number of anilines is 1. The van der Waals surface area contributed by atoms with Crippen molar-refractivity contribution in [3.8, 4) is 6.07 Å². The van der Waals surface area contributed by atoms with Crippen molar-refractivity contribution >= 4 is 61.6 Å². The van der Waals surface area contributed by atoms with E-state index >= 15 is 0 Å². The van der Waals surface area contributed by atoms with Crippen molar-refractivity contribution < 1.29 is 14.0 Å². The Bertz CT molecular complexity index is 1370. The second-order valence-corrected chi connectivity index (χ2v) is 14.1. The minimum absolute atomic E-state index is 0.0425. The molecule has 2 aromatic rings. The Morgan fingerprint density at radius 1 is 1.18 bits per heavy atom. The second kappa shape index (κ2) is 12.3. The van der Waals surface area contributed by atoms with Gasteiger partial charge in [0.05, 0.1) is 5.56 Å². The first kappa shape index (κ1) is 27.3. The lowest BCUT2D eigenvalue weighted by molar-refractivity contribution is -0.131. The standard InChI is InChI=1S/C28H31ClN3O4P2/c29-38-37-13-3-6-24(33)18-7-11-32(12-8-18)27(34)22(17-30)16-21-15-20-14-19-4-1-9-31-10-2-5-23(25(19)31)26(20)36-28(21)35/h14-16,18,38H,1-13H2/q-1. The van der Waals surface area contributed by atoms with E-state index in [4.69, 9.17) is 15.7 Å². The summed E-state index contributed by atoms with van der Waals surface area (Å²) in [7, 11) is 1.55. The Labute approximate surface area is 230 Å². The third-order valence-corrected chi connectivity index (χ3v) is 10.6. The van der Waals surface area contributed by atoms with Gasteiger partial charge in [0.15, 0.2) is 0 Å². The molecule has 0 bridgehead atoms. The molecule has 1 unspecified atom stereocenters. The molecule has 200 valence electrons. The van der Waals surface area contributed by atoms with Crippen LogP contribution in [0.2, 0.25) is 0 Å². The Kier molecular flexibility index (Phi) is 8.84. The average Bonchev–Trinajstić information content (AvgIpc) is 2.94. The fraction of sp³-hybridized carbons (Fsp3) is 0.500. The van der Waals surface area contributed by atoms with Crippen molar-refractivity contribution in [3.05, 3.63) is 44.8 Å². The van der Waals surface area contributed by atoms with E-state index in [1.54, 1.807) is 11.0 Å². The number of amides is 1. The quantitative estimate of drug-likeness (QED) is 0.133. The molecule has 4 heterocycles. The van der Waals surface area contributed by atoms with Gasteiger partial charge in [-0.3, -0.25) is 9.59 Å². The Balaban J connectivity index is 1.32. The lowest BCUT2D eigenvalue weighted by atomic mass is 9.89. The molecule has 3 aliphatic rings. The van der Waals surface area contributed by atoms with Crippen LogP contribution in [-0.2, 0) is 22.4 Å². The van der Waals surface area contributed by atoms with Crippen LogP contribution in [0.5, 0.6) is 0 Å². The number of hydrogen-bond acceptors (Lipinski definition) is 6. The van der Waals surface area contributed by atoms with Crippen LogP contribution in [0, 0.1) is 17.2 Å². The predicted molar refractivity (Wildman–Crippen MR) is 154 cm³/mol. The first-order valence-electron chi connectivity index (χ1n) is 13.3. The number of aryl methyl sites for hydroxylation is 2. The number of benzene rings is 1. The van der Waals surface area contributed by atoms with Crippen LogP contribution in [0.25, 0.3) is 17.0 Å². The SMILES string of the molecule is N#CC(=Cc1cc2cc3c4c(c2oc1=O)CCCN4CCC3)C(=O)N1CCC(C(=O)CCC[P-]PCl)CC1. The summed E-state index contributed by atoms with van der Waals surface area (Å²) >= 11 is 5.72. The maximum atomic E-state index is 13.2. The third-order valence-electron chi connectivity index (χ3n) is 7.88. The lowest BCUT2D eigenvalue weighted by Crippen LogP contribution is -2.40. The molecule has 10 heteroatoms. The molecule has 0 spiro atoms. The van der Waals surface area contributed by atoms with Crippen LogP contribution in [0.15, 0.2) is 26.9 Å². The number of piperidine rings is 1. The molecule has 38 heavy (non-hydrogen) atoms. The molecule has 3 aliphatic heterocycles. The van der Waals surface area contributed by atoms with Crippen LogP contribution in [0.1, 0.15) is 55.2 Å². The fourth-order valence-corrected chi connectivity index (χ4v) is 7.90. The zero-order chi connectivity index (χ0) is 26.6. The van der Waals surface area contributed by atoms with E-state index in [2.05, 4.69) is 11.0 Å². The van der Waals surface area contributed by atoms with Crippen LogP contribution in [0.4, 0.5) is 5.69 Å². The van der Waals surface area contributed by atoms with Crippen LogP contribution in [-0.4, -0.2) is 48.9 Å². The molecule has 1 aromatic carbocycles. The molecule has 5 rings (SSSR count). The van der Waals surface area contributed by atoms with Gasteiger partial charge in [0.2, 0.25) is 0 Å². The molecular formula is C28H31ClN3O4P2-. The number of likely N-dealkylation sites (tertiary alicyclic amines) is 1. The van der Waals surface area contributed by atoms with E-state index in [0.29, 0.717) is 45.6 Å². The highest BCUT2D eigenvalue weighted by Crippen LogP contribution is 2.41. The second-order valence-electron chi connectivity index (χ2n) is 10.2. The fourth-order valence-electron chi connectivity index (χ4n) is 6.01. The van der Waals surface area contributed by atoms with Gasteiger partial charge in [0, 0.05) is 55.2 Å². The first-order chi connectivity index (χ1) is 18.5. The number of carbonyl (C=O) groups excluding carboxylic acids is 2. The number of ketones is 1.